The Morgan fingerprint density at radius 2 is 1.74 bits per heavy atom. The first kappa shape index (κ1) is 11.5. The predicted octanol–water partition coefficient (Wildman–Crippen LogP) is 2.89. The fourth-order valence-corrected chi connectivity index (χ4v) is 2.12. The summed E-state index contributed by atoms with van der Waals surface area (Å²) >= 11 is 0. The van der Waals surface area contributed by atoms with E-state index in [2.05, 4.69) is 16.0 Å². The third kappa shape index (κ3) is 1.97. The number of nitrogens with two attached hydrogens (primary N) is 1. The maximum absolute atomic E-state index is 5.63. The van der Waals surface area contributed by atoms with Crippen molar-refractivity contribution in [3.05, 3.63) is 48.8 Å². The van der Waals surface area contributed by atoms with Crippen LogP contribution in [0.1, 0.15) is 0 Å². The Balaban J connectivity index is 2.33. The number of aromatic nitrogens is 2. The molecule has 94 valence electrons. The zero-order valence-corrected chi connectivity index (χ0v) is 10.5. The molecule has 2 N–H and O–H groups in total. The number of ether oxygens (including phenoxy) is 1. The minimum absolute atomic E-state index is 0.544. The van der Waals surface area contributed by atoms with Gasteiger partial charge in [-0.25, -0.2) is 9.97 Å². The van der Waals surface area contributed by atoms with Gasteiger partial charge in [0.15, 0.2) is 5.82 Å². The van der Waals surface area contributed by atoms with Gasteiger partial charge >= 0.3 is 0 Å². The molecule has 4 nitrogen and oxygen atoms in total. The Labute approximate surface area is 110 Å². The lowest BCUT2D eigenvalue weighted by molar-refractivity contribution is 0.416. The van der Waals surface area contributed by atoms with Gasteiger partial charge < -0.3 is 10.5 Å². The summed E-state index contributed by atoms with van der Waals surface area (Å²) in [4.78, 5) is 8.58. The summed E-state index contributed by atoms with van der Waals surface area (Å²) in [5.74, 6) is 1.37. The number of anilines is 1. The summed E-state index contributed by atoms with van der Waals surface area (Å²) < 4.78 is 5.43. The first-order chi connectivity index (χ1) is 9.29. The first-order valence-corrected chi connectivity index (χ1v) is 5.93. The Morgan fingerprint density at radius 1 is 1.00 bits per heavy atom. The van der Waals surface area contributed by atoms with Crippen LogP contribution in [0, 0.1) is 0 Å². The van der Waals surface area contributed by atoms with Gasteiger partial charge in [-0.05, 0) is 16.8 Å². The summed E-state index contributed by atoms with van der Waals surface area (Å²) in [6.45, 7) is 0. The number of nitrogens with zero attached hydrogens (tertiary/aromatic N) is 2. The summed E-state index contributed by atoms with van der Waals surface area (Å²) in [6.07, 6.45) is 3.20. The van der Waals surface area contributed by atoms with Crippen molar-refractivity contribution in [1.29, 1.82) is 0 Å². The molecule has 0 spiro atoms. The van der Waals surface area contributed by atoms with Crippen molar-refractivity contribution in [3.63, 3.8) is 0 Å². The summed E-state index contributed by atoms with van der Waals surface area (Å²) in [5, 5.41) is 2.19. The Hall–Kier alpha value is -2.62. The minimum Gasteiger partial charge on any atom is -0.496 e. The van der Waals surface area contributed by atoms with Gasteiger partial charge in [0.05, 0.1) is 30.8 Å². The Kier molecular flexibility index (Phi) is 2.76. The van der Waals surface area contributed by atoms with Gasteiger partial charge in [0.2, 0.25) is 0 Å². The summed E-state index contributed by atoms with van der Waals surface area (Å²) in [6, 6.07) is 12.0. The van der Waals surface area contributed by atoms with Crippen LogP contribution >= 0.6 is 0 Å². The third-order valence-electron chi connectivity index (χ3n) is 3.01. The second kappa shape index (κ2) is 4.57. The molecular weight excluding hydrogens is 238 g/mol. The number of nitrogen functional groups attached to an aromatic ring is 1. The van der Waals surface area contributed by atoms with E-state index in [1.54, 1.807) is 19.5 Å². The molecule has 0 aliphatic rings. The molecule has 1 aromatic heterocycles. The smallest absolute Gasteiger partial charge is 0.163 e. The van der Waals surface area contributed by atoms with Gasteiger partial charge in [-0.15, -0.1) is 0 Å². The number of fused-ring (bicyclic) bond motifs is 1. The van der Waals surface area contributed by atoms with E-state index in [1.165, 1.54) is 0 Å². The van der Waals surface area contributed by atoms with Crippen molar-refractivity contribution in [2.24, 2.45) is 0 Å². The SMILES string of the molecule is COc1ccc2ccccc2c1-c1ncc(N)cn1. The highest BCUT2D eigenvalue weighted by atomic mass is 16.5. The zero-order chi connectivity index (χ0) is 13.2. The van der Waals surface area contributed by atoms with Crippen molar-refractivity contribution in [1.82, 2.24) is 9.97 Å². The van der Waals surface area contributed by atoms with Crippen LogP contribution in [0.5, 0.6) is 5.75 Å². The van der Waals surface area contributed by atoms with Crippen molar-refractivity contribution in [2.75, 3.05) is 12.8 Å². The Bertz CT molecular complexity index is 723. The van der Waals surface area contributed by atoms with Crippen LogP contribution in [0.15, 0.2) is 48.8 Å². The maximum atomic E-state index is 5.63. The quantitative estimate of drug-likeness (QED) is 0.760. The van der Waals surface area contributed by atoms with Crippen molar-refractivity contribution in [3.8, 4) is 17.1 Å². The van der Waals surface area contributed by atoms with Gasteiger partial charge in [0.25, 0.3) is 0 Å². The van der Waals surface area contributed by atoms with Crippen molar-refractivity contribution >= 4 is 16.5 Å². The number of rotatable bonds is 2. The molecule has 0 radical (unpaired) electrons. The average molecular weight is 251 g/mol. The highest BCUT2D eigenvalue weighted by molar-refractivity contribution is 5.98. The Morgan fingerprint density at radius 3 is 2.47 bits per heavy atom. The molecular formula is C15H13N3O. The lowest BCUT2D eigenvalue weighted by Gasteiger charge is -2.10. The van der Waals surface area contributed by atoms with E-state index in [9.17, 15) is 0 Å². The molecule has 0 unspecified atom stereocenters. The molecule has 1 heterocycles. The monoisotopic (exact) mass is 251 g/mol. The molecule has 0 saturated heterocycles. The van der Waals surface area contributed by atoms with Gasteiger partial charge in [0.1, 0.15) is 5.75 Å². The van der Waals surface area contributed by atoms with Crippen LogP contribution in [0.2, 0.25) is 0 Å². The second-order valence-electron chi connectivity index (χ2n) is 4.20. The van der Waals surface area contributed by atoms with Gasteiger partial charge in [-0.1, -0.05) is 30.3 Å². The molecule has 0 fully saturated rings. The van der Waals surface area contributed by atoms with Gasteiger partial charge in [-0.3, -0.25) is 0 Å². The van der Waals surface area contributed by atoms with E-state index in [-0.39, 0.29) is 0 Å². The number of hydrogen-bond acceptors (Lipinski definition) is 4. The average Bonchev–Trinajstić information content (AvgIpc) is 2.47. The van der Waals surface area contributed by atoms with E-state index in [0.29, 0.717) is 11.5 Å². The van der Waals surface area contributed by atoms with Crippen LogP contribution < -0.4 is 10.5 Å². The van der Waals surface area contributed by atoms with E-state index < -0.39 is 0 Å². The summed E-state index contributed by atoms with van der Waals surface area (Å²) in [5.41, 5.74) is 7.07. The molecule has 0 aliphatic carbocycles. The van der Waals surface area contributed by atoms with Gasteiger partial charge in [-0.2, -0.15) is 0 Å². The molecule has 3 aromatic rings. The third-order valence-corrected chi connectivity index (χ3v) is 3.01. The molecule has 3 rings (SSSR count). The number of methoxy groups -OCH3 is 1. The van der Waals surface area contributed by atoms with E-state index in [1.807, 2.05) is 30.3 Å². The fraction of sp³-hybridized carbons (Fsp3) is 0.0667. The molecule has 0 aliphatic heterocycles. The fourth-order valence-electron chi connectivity index (χ4n) is 2.12. The van der Waals surface area contributed by atoms with Crippen LogP contribution in [0.3, 0.4) is 0 Å². The standard InChI is InChI=1S/C15H13N3O/c1-19-13-7-6-10-4-2-3-5-12(10)14(13)15-17-8-11(16)9-18-15/h2-9H,16H2,1H3. The molecule has 0 atom stereocenters. The number of hydrogen-bond donors (Lipinski definition) is 1. The molecule has 0 saturated carbocycles. The maximum Gasteiger partial charge on any atom is 0.163 e. The van der Waals surface area contributed by atoms with E-state index in [4.69, 9.17) is 10.5 Å². The van der Waals surface area contributed by atoms with E-state index in [0.717, 1.165) is 22.1 Å². The lowest BCUT2D eigenvalue weighted by atomic mass is 10.0. The highest BCUT2D eigenvalue weighted by Gasteiger charge is 2.12. The zero-order valence-electron chi connectivity index (χ0n) is 10.5. The molecule has 19 heavy (non-hydrogen) atoms. The number of benzene rings is 2. The summed E-state index contributed by atoms with van der Waals surface area (Å²) in [7, 11) is 1.64. The molecule has 2 aromatic carbocycles. The largest absolute Gasteiger partial charge is 0.496 e. The van der Waals surface area contributed by atoms with Crippen LogP contribution in [-0.4, -0.2) is 17.1 Å². The van der Waals surface area contributed by atoms with Crippen molar-refractivity contribution in [2.45, 2.75) is 0 Å². The topological polar surface area (TPSA) is 61.0 Å². The van der Waals surface area contributed by atoms with Crippen LogP contribution in [0.4, 0.5) is 5.69 Å². The van der Waals surface area contributed by atoms with Crippen molar-refractivity contribution < 1.29 is 4.74 Å². The van der Waals surface area contributed by atoms with Crippen LogP contribution in [-0.2, 0) is 0 Å². The molecule has 0 bridgehead atoms. The molecule has 4 heteroatoms. The molecule has 0 amide bonds. The lowest BCUT2D eigenvalue weighted by Crippen LogP contribution is -1.96. The van der Waals surface area contributed by atoms with E-state index >= 15 is 0 Å². The predicted molar refractivity (Wildman–Crippen MR) is 75.9 cm³/mol. The van der Waals surface area contributed by atoms with Crippen LogP contribution in [0.25, 0.3) is 22.2 Å². The van der Waals surface area contributed by atoms with Gasteiger partial charge in [0, 0.05) is 0 Å². The first-order valence-electron chi connectivity index (χ1n) is 5.93. The normalized spacial score (nSPS) is 10.6. The minimum atomic E-state index is 0.544. The highest BCUT2D eigenvalue weighted by Crippen LogP contribution is 2.34. The second-order valence-corrected chi connectivity index (χ2v) is 4.20.